The first-order valence-corrected chi connectivity index (χ1v) is 6.35. The second-order valence-electron chi connectivity index (χ2n) is 5.08. The molecule has 2 nitrogen and oxygen atoms in total. The van der Waals surface area contributed by atoms with Crippen molar-refractivity contribution in [3.63, 3.8) is 0 Å². The van der Waals surface area contributed by atoms with Gasteiger partial charge in [0, 0.05) is 22.8 Å². The topological polar surface area (TPSA) is 18.5 Å². The zero-order chi connectivity index (χ0) is 10.2. The lowest BCUT2D eigenvalue weighted by atomic mass is 9.69. The van der Waals surface area contributed by atoms with E-state index in [1.54, 1.807) is 0 Å². The molecule has 82 valence electrons. The van der Waals surface area contributed by atoms with Crippen LogP contribution in [0.2, 0.25) is 0 Å². The van der Waals surface area contributed by atoms with E-state index in [1.165, 1.54) is 6.42 Å². The zero-order valence-corrected chi connectivity index (χ0v) is 10.5. The molecule has 2 fully saturated rings. The number of halogens is 1. The lowest BCUT2D eigenvalue weighted by molar-refractivity contribution is -0.0953. The van der Waals surface area contributed by atoms with Gasteiger partial charge in [-0.05, 0) is 12.8 Å². The van der Waals surface area contributed by atoms with Gasteiger partial charge in [-0.25, -0.2) is 0 Å². The molecule has 0 spiro atoms. The minimum absolute atomic E-state index is 0.305. The van der Waals surface area contributed by atoms with Gasteiger partial charge in [0.1, 0.15) is 0 Å². The van der Waals surface area contributed by atoms with Crippen molar-refractivity contribution < 1.29 is 9.47 Å². The lowest BCUT2D eigenvalue weighted by Gasteiger charge is -2.49. The Morgan fingerprint density at radius 3 is 2.79 bits per heavy atom. The first-order valence-electron chi connectivity index (χ1n) is 5.44. The smallest absolute Gasteiger partial charge is 0.0647 e. The number of hydrogen-bond acceptors (Lipinski definition) is 2. The molecule has 0 N–H and O–H groups in total. The van der Waals surface area contributed by atoms with Crippen molar-refractivity contribution in [3.8, 4) is 0 Å². The second kappa shape index (κ2) is 4.11. The third-order valence-corrected chi connectivity index (χ3v) is 5.17. The molecule has 0 aromatic heterocycles. The molecule has 3 heteroatoms. The molecule has 1 aliphatic carbocycles. The standard InChI is InChI=1S/C11H19BrO2/c1-11(2)9(12)5-10(11)14-7-8-3-4-13-6-8/h8-10H,3-7H2,1-2H3. The summed E-state index contributed by atoms with van der Waals surface area (Å²) in [5, 5.41) is 0. The van der Waals surface area contributed by atoms with Gasteiger partial charge in [-0.3, -0.25) is 0 Å². The summed E-state index contributed by atoms with van der Waals surface area (Å²) in [6, 6.07) is 0. The van der Waals surface area contributed by atoms with E-state index < -0.39 is 0 Å². The first-order chi connectivity index (χ1) is 6.60. The largest absolute Gasteiger partial charge is 0.381 e. The Bertz CT molecular complexity index is 199. The predicted molar refractivity (Wildman–Crippen MR) is 59.8 cm³/mol. The second-order valence-corrected chi connectivity index (χ2v) is 6.18. The van der Waals surface area contributed by atoms with Crippen LogP contribution in [-0.4, -0.2) is 30.8 Å². The average Bonchev–Trinajstić information content (AvgIpc) is 2.64. The van der Waals surface area contributed by atoms with Crippen molar-refractivity contribution in [3.05, 3.63) is 0 Å². The monoisotopic (exact) mass is 262 g/mol. The van der Waals surface area contributed by atoms with Gasteiger partial charge in [0.2, 0.25) is 0 Å². The van der Waals surface area contributed by atoms with Crippen LogP contribution in [0.1, 0.15) is 26.7 Å². The molecule has 2 aliphatic rings. The molecule has 1 saturated heterocycles. The average molecular weight is 263 g/mol. The third kappa shape index (κ3) is 2.00. The van der Waals surface area contributed by atoms with E-state index >= 15 is 0 Å². The Hall–Kier alpha value is 0.400. The fourth-order valence-corrected chi connectivity index (χ4v) is 2.72. The van der Waals surface area contributed by atoms with Crippen molar-refractivity contribution in [1.82, 2.24) is 0 Å². The Kier molecular flexibility index (Phi) is 3.20. The fourth-order valence-electron chi connectivity index (χ4n) is 2.09. The summed E-state index contributed by atoms with van der Waals surface area (Å²) in [4.78, 5) is 0.625. The Morgan fingerprint density at radius 1 is 1.50 bits per heavy atom. The highest BCUT2D eigenvalue weighted by Gasteiger charge is 2.47. The fraction of sp³-hybridized carbons (Fsp3) is 1.00. The molecule has 0 amide bonds. The van der Waals surface area contributed by atoms with E-state index in [2.05, 4.69) is 29.8 Å². The summed E-state index contributed by atoms with van der Waals surface area (Å²) in [6.45, 7) is 7.24. The van der Waals surface area contributed by atoms with Crippen LogP contribution in [0, 0.1) is 11.3 Å². The minimum Gasteiger partial charge on any atom is -0.381 e. The van der Waals surface area contributed by atoms with E-state index in [1.807, 2.05) is 0 Å². The molecular formula is C11H19BrO2. The summed E-state index contributed by atoms with van der Waals surface area (Å²) in [6.07, 6.45) is 2.76. The highest BCUT2D eigenvalue weighted by Crippen LogP contribution is 2.47. The van der Waals surface area contributed by atoms with Gasteiger partial charge in [0.05, 0.1) is 19.3 Å². The van der Waals surface area contributed by atoms with Crippen molar-refractivity contribution in [2.75, 3.05) is 19.8 Å². The molecule has 0 radical (unpaired) electrons. The van der Waals surface area contributed by atoms with Crippen LogP contribution in [0.25, 0.3) is 0 Å². The molecule has 3 unspecified atom stereocenters. The van der Waals surface area contributed by atoms with Gasteiger partial charge >= 0.3 is 0 Å². The van der Waals surface area contributed by atoms with Crippen LogP contribution >= 0.6 is 15.9 Å². The van der Waals surface area contributed by atoms with Gasteiger partial charge in [-0.15, -0.1) is 0 Å². The van der Waals surface area contributed by atoms with E-state index in [0.717, 1.165) is 26.2 Å². The SMILES string of the molecule is CC1(C)C(Br)CC1OCC1CCOC1. The van der Waals surface area contributed by atoms with Crippen molar-refractivity contribution in [2.45, 2.75) is 37.6 Å². The molecule has 1 aliphatic heterocycles. The minimum atomic E-state index is 0.305. The lowest BCUT2D eigenvalue weighted by Crippen LogP contribution is -2.51. The summed E-state index contributed by atoms with van der Waals surface area (Å²) < 4.78 is 11.3. The van der Waals surface area contributed by atoms with Gasteiger partial charge in [-0.1, -0.05) is 29.8 Å². The maximum Gasteiger partial charge on any atom is 0.0647 e. The molecule has 14 heavy (non-hydrogen) atoms. The summed E-state index contributed by atoms with van der Waals surface area (Å²) in [5.41, 5.74) is 0.305. The molecule has 0 bridgehead atoms. The predicted octanol–water partition coefficient (Wildman–Crippen LogP) is 2.60. The highest BCUT2D eigenvalue weighted by atomic mass is 79.9. The first kappa shape index (κ1) is 10.9. The van der Waals surface area contributed by atoms with Gasteiger partial charge in [-0.2, -0.15) is 0 Å². The number of hydrogen-bond donors (Lipinski definition) is 0. The number of rotatable bonds is 3. The normalized spacial score (nSPS) is 40.9. The zero-order valence-electron chi connectivity index (χ0n) is 8.96. The molecule has 1 heterocycles. The molecule has 2 rings (SSSR count). The Balaban J connectivity index is 1.71. The third-order valence-electron chi connectivity index (χ3n) is 3.62. The molecular weight excluding hydrogens is 244 g/mol. The van der Waals surface area contributed by atoms with Crippen LogP contribution in [-0.2, 0) is 9.47 Å². The Labute approximate surface area is 94.5 Å². The van der Waals surface area contributed by atoms with Crippen molar-refractivity contribution in [2.24, 2.45) is 11.3 Å². The maximum absolute atomic E-state index is 5.94. The van der Waals surface area contributed by atoms with E-state index in [-0.39, 0.29) is 0 Å². The summed E-state index contributed by atoms with van der Waals surface area (Å²) in [7, 11) is 0. The quantitative estimate of drug-likeness (QED) is 0.729. The van der Waals surface area contributed by atoms with Crippen LogP contribution in [0.5, 0.6) is 0 Å². The van der Waals surface area contributed by atoms with Crippen LogP contribution < -0.4 is 0 Å². The maximum atomic E-state index is 5.94. The molecule has 0 aromatic carbocycles. The van der Waals surface area contributed by atoms with Gasteiger partial charge in [0.15, 0.2) is 0 Å². The molecule has 3 atom stereocenters. The van der Waals surface area contributed by atoms with Crippen molar-refractivity contribution in [1.29, 1.82) is 0 Å². The summed E-state index contributed by atoms with van der Waals surface area (Å²) in [5.74, 6) is 0.639. The Morgan fingerprint density at radius 2 is 2.29 bits per heavy atom. The number of ether oxygens (including phenoxy) is 2. The highest BCUT2D eigenvalue weighted by molar-refractivity contribution is 9.09. The van der Waals surface area contributed by atoms with Gasteiger partial charge < -0.3 is 9.47 Å². The van der Waals surface area contributed by atoms with E-state index in [9.17, 15) is 0 Å². The van der Waals surface area contributed by atoms with E-state index in [4.69, 9.17) is 9.47 Å². The number of alkyl halides is 1. The van der Waals surface area contributed by atoms with Crippen LogP contribution in [0.4, 0.5) is 0 Å². The van der Waals surface area contributed by atoms with Crippen LogP contribution in [0.3, 0.4) is 0 Å². The van der Waals surface area contributed by atoms with Gasteiger partial charge in [0.25, 0.3) is 0 Å². The van der Waals surface area contributed by atoms with Crippen molar-refractivity contribution >= 4 is 15.9 Å². The molecule has 0 aromatic rings. The van der Waals surface area contributed by atoms with E-state index in [0.29, 0.717) is 22.3 Å². The van der Waals surface area contributed by atoms with Crippen LogP contribution in [0.15, 0.2) is 0 Å². The molecule has 1 saturated carbocycles. The summed E-state index contributed by atoms with van der Waals surface area (Å²) >= 11 is 3.67.